The van der Waals surface area contributed by atoms with Crippen LogP contribution in [0, 0.1) is 0 Å². The number of hydrogen-bond donors (Lipinski definition) is 2. The van der Waals surface area contributed by atoms with Gasteiger partial charge in [0.1, 0.15) is 5.01 Å². The summed E-state index contributed by atoms with van der Waals surface area (Å²) in [6.07, 6.45) is 3.57. The summed E-state index contributed by atoms with van der Waals surface area (Å²) in [6, 6.07) is 7.56. The lowest BCUT2D eigenvalue weighted by molar-refractivity contribution is 0.0952. The lowest BCUT2D eigenvalue weighted by atomic mass is 10.1. The van der Waals surface area contributed by atoms with Gasteiger partial charge in [0.25, 0.3) is 5.91 Å². The van der Waals surface area contributed by atoms with Crippen molar-refractivity contribution in [1.29, 1.82) is 0 Å². The molecule has 0 radical (unpaired) electrons. The van der Waals surface area contributed by atoms with Gasteiger partial charge in [0.2, 0.25) is 0 Å². The minimum atomic E-state index is -0.0737. The van der Waals surface area contributed by atoms with Crippen molar-refractivity contribution < 1.29 is 4.79 Å². The molecule has 1 aromatic carbocycles. The van der Waals surface area contributed by atoms with Crippen LogP contribution >= 0.6 is 11.3 Å². The third-order valence-corrected chi connectivity index (χ3v) is 3.50. The van der Waals surface area contributed by atoms with Gasteiger partial charge in [-0.2, -0.15) is 0 Å². The number of carbonyl (C=O) groups is 1. The number of carbonyl (C=O) groups excluding carboxylic acids is 1. The van der Waals surface area contributed by atoms with Crippen molar-refractivity contribution in [3.63, 3.8) is 0 Å². The Hall–Kier alpha value is -2.14. The summed E-state index contributed by atoms with van der Waals surface area (Å²) in [6.45, 7) is 0.470. The Labute approximate surface area is 108 Å². The summed E-state index contributed by atoms with van der Waals surface area (Å²) >= 11 is 1.53. The van der Waals surface area contributed by atoms with Gasteiger partial charge in [0.05, 0.1) is 6.54 Å². The highest BCUT2D eigenvalue weighted by Crippen LogP contribution is 2.17. The highest BCUT2D eigenvalue weighted by molar-refractivity contribution is 7.09. The predicted molar refractivity (Wildman–Crippen MR) is 71.6 cm³/mol. The van der Waals surface area contributed by atoms with Gasteiger partial charge < -0.3 is 10.3 Å². The zero-order valence-electron chi connectivity index (χ0n) is 9.51. The first-order chi connectivity index (χ1) is 8.84. The topological polar surface area (TPSA) is 57.8 Å². The molecule has 0 aliphatic heterocycles. The van der Waals surface area contributed by atoms with Crippen LogP contribution in [-0.2, 0) is 6.54 Å². The van der Waals surface area contributed by atoms with Gasteiger partial charge in [0, 0.05) is 34.2 Å². The van der Waals surface area contributed by atoms with E-state index in [1.807, 2.05) is 35.8 Å². The smallest absolute Gasteiger partial charge is 0.252 e. The Morgan fingerprint density at radius 3 is 3.17 bits per heavy atom. The number of amides is 1. The number of benzene rings is 1. The highest BCUT2D eigenvalue weighted by Gasteiger charge is 2.10. The van der Waals surface area contributed by atoms with Gasteiger partial charge in [-0.25, -0.2) is 4.98 Å². The van der Waals surface area contributed by atoms with E-state index in [-0.39, 0.29) is 5.91 Å². The van der Waals surface area contributed by atoms with Crippen LogP contribution in [0.2, 0.25) is 0 Å². The van der Waals surface area contributed by atoms with Crippen molar-refractivity contribution in [1.82, 2.24) is 15.3 Å². The number of aromatic nitrogens is 2. The lowest BCUT2D eigenvalue weighted by Crippen LogP contribution is -2.22. The van der Waals surface area contributed by atoms with Crippen molar-refractivity contribution in [3.05, 3.63) is 52.6 Å². The van der Waals surface area contributed by atoms with Crippen LogP contribution in [-0.4, -0.2) is 15.9 Å². The molecule has 90 valence electrons. The zero-order chi connectivity index (χ0) is 12.4. The van der Waals surface area contributed by atoms with Gasteiger partial charge in [-0.15, -0.1) is 11.3 Å². The van der Waals surface area contributed by atoms with Crippen LogP contribution in [0.25, 0.3) is 10.9 Å². The summed E-state index contributed by atoms with van der Waals surface area (Å²) < 4.78 is 0. The minimum Gasteiger partial charge on any atom is -0.361 e. The Balaban J connectivity index is 1.81. The quantitative estimate of drug-likeness (QED) is 0.757. The second-order valence-corrected chi connectivity index (χ2v) is 4.83. The molecular formula is C13H11N3OS. The fraction of sp³-hybridized carbons (Fsp3) is 0.0769. The molecule has 18 heavy (non-hydrogen) atoms. The van der Waals surface area contributed by atoms with Crippen LogP contribution in [0.3, 0.4) is 0 Å². The Kier molecular flexibility index (Phi) is 2.82. The van der Waals surface area contributed by atoms with E-state index in [0.717, 1.165) is 15.9 Å². The van der Waals surface area contributed by atoms with Gasteiger partial charge in [-0.1, -0.05) is 6.07 Å². The maximum absolute atomic E-state index is 12.1. The van der Waals surface area contributed by atoms with Gasteiger partial charge in [0.15, 0.2) is 0 Å². The molecule has 0 bridgehead atoms. The summed E-state index contributed by atoms with van der Waals surface area (Å²) in [5, 5.41) is 6.62. The van der Waals surface area contributed by atoms with Gasteiger partial charge in [-0.05, 0) is 18.2 Å². The monoisotopic (exact) mass is 257 g/mol. The summed E-state index contributed by atoms with van der Waals surface area (Å²) in [7, 11) is 0. The Morgan fingerprint density at radius 1 is 1.39 bits per heavy atom. The third-order valence-electron chi connectivity index (χ3n) is 2.72. The van der Waals surface area contributed by atoms with E-state index in [2.05, 4.69) is 15.3 Å². The number of rotatable bonds is 3. The molecule has 0 unspecified atom stereocenters. The van der Waals surface area contributed by atoms with E-state index in [1.54, 1.807) is 6.20 Å². The standard InChI is InChI=1S/C13H11N3OS/c17-13(16-8-12-15-6-7-18-12)10-2-1-3-11-9(10)4-5-14-11/h1-7,14H,8H2,(H,16,17). The molecule has 0 saturated carbocycles. The van der Waals surface area contributed by atoms with Crippen molar-refractivity contribution in [2.24, 2.45) is 0 Å². The number of fused-ring (bicyclic) bond motifs is 1. The first-order valence-electron chi connectivity index (χ1n) is 5.57. The van der Waals surface area contributed by atoms with E-state index >= 15 is 0 Å². The molecule has 2 aromatic heterocycles. The van der Waals surface area contributed by atoms with Crippen molar-refractivity contribution in [2.75, 3.05) is 0 Å². The largest absolute Gasteiger partial charge is 0.361 e. The second kappa shape index (κ2) is 4.62. The fourth-order valence-corrected chi connectivity index (χ4v) is 2.43. The lowest BCUT2D eigenvalue weighted by Gasteiger charge is -2.04. The molecule has 5 heteroatoms. The van der Waals surface area contributed by atoms with Gasteiger partial charge >= 0.3 is 0 Å². The molecule has 0 aliphatic rings. The number of thiazole rings is 1. The predicted octanol–water partition coefficient (Wildman–Crippen LogP) is 2.55. The summed E-state index contributed by atoms with van der Waals surface area (Å²) in [5.41, 5.74) is 1.65. The molecule has 1 amide bonds. The molecule has 3 rings (SSSR count). The molecule has 0 aliphatic carbocycles. The van der Waals surface area contributed by atoms with E-state index in [0.29, 0.717) is 12.1 Å². The normalized spacial score (nSPS) is 10.7. The highest BCUT2D eigenvalue weighted by atomic mass is 32.1. The first kappa shape index (κ1) is 11.0. The van der Waals surface area contributed by atoms with E-state index < -0.39 is 0 Å². The molecule has 0 fully saturated rings. The maximum Gasteiger partial charge on any atom is 0.252 e. The van der Waals surface area contributed by atoms with Crippen LogP contribution in [0.15, 0.2) is 42.0 Å². The third kappa shape index (κ3) is 2.00. The second-order valence-electron chi connectivity index (χ2n) is 3.85. The van der Waals surface area contributed by atoms with Crippen LogP contribution in [0.1, 0.15) is 15.4 Å². The number of aromatic amines is 1. The minimum absolute atomic E-state index is 0.0737. The van der Waals surface area contributed by atoms with E-state index in [1.165, 1.54) is 11.3 Å². The molecule has 4 nitrogen and oxygen atoms in total. The zero-order valence-corrected chi connectivity index (χ0v) is 10.3. The fourth-order valence-electron chi connectivity index (χ4n) is 1.87. The van der Waals surface area contributed by atoms with Gasteiger partial charge in [-0.3, -0.25) is 4.79 Å². The average Bonchev–Trinajstić information content (AvgIpc) is 3.05. The Morgan fingerprint density at radius 2 is 2.33 bits per heavy atom. The van der Waals surface area contributed by atoms with Crippen molar-refractivity contribution >= 4 is 28.1 Å². The van der Waals surface area contributed by atoms with E-state index in [9.17, 15) is 4.79 Å². The van der Waals surface area contributed by atoms with Crippen LogP contribution < -0.4 is 5.32 Å². The number of nitrogens with zero attached hydrogens (tertiary/aromatic N) is 1. The molecule has 2 N–H and O–H groups in total. The Bertz CT molecular complexity index is 672. The van der Waals surface area contributed by atoms with Crippen LogP contribution in [0.5, 0.6) is 0 Å². The van der Waals surface area contributed by atoms with Crippen LogP contribution in [0.4, 0.5) is 0 Å². The molecule has 0 atom stereocenters. The van der Waals surface area contributed by atoms with Crippen molar-refractivity contribution in [2.45, 2.75) is 6.54 Å². The number of hydrogen-bond acceptors (Lipinski definition) is 3. The average molecular weight is 257 g/mol. The molecule has 0 saturated heterocycles. The summed E-state index contributed by atoms with van der Waals surface area (Å²) in [5.74, 6) is -0.0737. The van der Waals surface area contributed by atoms with Crippen molar-refractivity contribution in [3.8, 4) is 0 Å². The molecule has 0 spiro atoms. The molecule has 2 heterocycles. The summed E-state index contributed by atoms with van der Waals surface area (Å²) in [4.78, 5) is 19.3. The maximum atomic E-state index is 12.1. The SMILES string of the molecule is O=C(NCc1nccs1)c1cccc2[nH]ccc12. The molecular weight excluding hydrogens is 246 g/mol. The number of nitrogens with one attached hydrogen (secondary N) is 2. The van der Waals surface area contributed by atoms with E-state index in [4.69, 9.17) is 0 Å². The first-order valence-corrected chi connectivity index (χ1v) is 6.45. The molecule has 3 aromatic rings. The number of H-pyrrole nitrogens is 1.